The molecule has 9 heteroatoms. The van der Waals surface area contributed by atoms with Gasteiger partial charge in [0.05, 0.1) is 36.8 Å². The van der Waals surface area contributed by atoms with E-state index in [1.807, 2.05) is 0 Å². The van der Waals surface area contributed by atoms with Crippen molar-refractivity contribution < 1.29 is 43.7 Å². The molecule has 2 rings (SSSR count). The Kier molecular flexibility index (Phi) is 13.5. The van der Waals surface area contributed by atoms with E-state index in [4.69, 9.17) is 14.6 Å². The fourth-order valence-corrected chi connectivity index (χ4v) is 5.57. The Hall–Kier alpha value is -2.13. The number of rotatable bonds is 11. The van der Waals surface area contributed by atoms with E-state index in [1.54, 1.807) is 20.8 Å². The van der Waals surface area contributed by atoms with Crippen LogP contribution in [-0.4, -0.2) is 65.9 Å². The van der Waals surface area contributed by atoms with Crippen molar-refractivity contribution in [2.24, 2.45) is 22.7 Å². The van der Waals surface area contributed by atoms with Crippen LogP contribution in [0.2, 0.25) is 0 Å². The molecule has 0 bridgehead atoms. The number of carbonyl (C=O) groups excluding carboxylic acids is 5. The number of esters is 2. The molecule has 9 nitrogen and oxygen atoms in total. The number of Topliss-reactive ketones (excluding diaryl/α,β-unsaturated/α-hetero) is 2. The van der Waals surface area contributed by atoms with E-state index >= 15 is 0 Å². The van der Waals surface area contributed by atoms with Crippen molar-refractivity contribution in [3.8, 4) is 0 Å². The zero-order valence-corrected chi connectivity index (χ0v) is 22.3. The van der Waals surface area contributed by atoms with Crippen LogP contribution < -0.4 is 0 Å². The molecule has 5 atom stereocenters. The molecular formula is C27H44O9. The largest absolute Gasteiger partial charge is 0.466 e. The molecule has 206 valence electrons. The minimum atomic E-state index is -0.949. The van der Waals surface area contributed by atoms with Crippen LogP contribution in [0.15, 0.2) is 0 Å². The van der Waals surface area contributed by atoms with E-state index in [0.29, 0.717) is 32.3 Å². The number of aliphatic hydroxyl groups is 2. The second kappa shape index (κ2) is 15.2. The summed E-state index contributed by atoms with van der Waals surface area (Å²) in [5.74, 6) is -0.750. The first-order valence-electron chi connectivity index (χ1n) is 13.1. The Balaban J connectivity index is 0.000000362. The van der Waals surface area contributed by atoms with Crippen LogP contribution in [0.5, 0.6) is 0 Å². The molecule has 0 aromatic rings. The second-order valence-electron chi connectivity index (χ2n) is 10.2. The van der Waals surface area contributed by atoms with Crippen LogP contribution in [0.3, 0.4) is 0 Å². The van der Waals surface area contributed by atoms with Crippen molar-refractivity contribution in [1.29, 1.82) is 0 Å². The lowest BCUT2D eigenvalue weighted by Crippen LogP contribution is -2.42. The lowest BCUT2D eigenvalue weighted by molar-refractivity contribution is -0.162. The lowest BCUT2D eigenvalue weighted by Gasteiger charge is -2.39. The highest BCUT2D eigenvalue weighted by Gasteiger charge is 2.46. The smallest absolute Gasteiger partial charge is 0.312 e. The zero-order valence-electron chi connectivity index (χ0n) is 22.3. The first kappa shape index (κ1) is 31.9. The van der Waals surface area contributed by atoms with Gasteiger partial charge in [-0.2, -0.15) is 0 Å². The fraction of sp³-hybridized carbons (Fsp3) is 0.815. The maximum Gasteiger partial charge on any atom is 0.312 e. The summed E-state index contributed by atoms with van der Waals surface area (Å²) in [4.78, 5) is 58.0. The van der Waals surface area contributed by atoms with Gasteiger partial charge < -0.3 is 24.5 Å². The third-order valence-corrected chi connectivity index (χ3v) is 7.57. The van der Waals surface area contributed by atoms with Crippen LogP contribution >= 0.6 is 0 Å². The molecule has 2 fully saturated rings. The molecule has 3 unspecified atom stereocenters. The van der Waals surface area contributed by atoms with Gasteiger partial charge in [-0.1, -0.05) is 12.8 Å². The number of aldehydes is 1. The van der Waals surface area contributed by atoms with Gasteiger partial charge in [0.15, 0.2) is 0 Å². The zero-order chi connectivity index (χ0) is 27.4. The van der Waals surface area contributed by atoms with E-state index < -0.39 is 16.9 Å². The van der Waals surface area contributed by atoms with Crippen LogP contribution in [0.4, 0.5) is 0 Å². The van der Waals surface area contributed by atoms with Gasteiger partial charge in [0.25, 0.3) is 0 Å². The van der Waals surface area contributed by atoms with E-state index in [0.717, 1.165) is 32.0 Å². The molecule has 0 saturated heterocycles. The van der Waals surface area contributed by atoms with Gasteiger partial charge in [0.2, 0.25) is 0 Å². The van der Waals surface area contributed by atoms with Crippen molar-refractivity contribution in [3.05, 3.63) is 0 Å². The van der Waals surface area contributed by atoms with E-state index in [2.05, 4.69) is 0 Å². The normalized spacial score (nSPS) is 28.6. The number of carbonyl (C=O) groups is 5. The number of hydrogen-bond donors (Lipinski definition) is 2. The molecule has 0 aromatic heterocycles. The summed E-state index contributed by atoms with van der Waals surface area (Å²) >= 11 is 0. The van der Waals surface area contributed by atoms with Crippen LogP contribution in [0.1, 0.15) is 91.9 Å². The first-order valence-corrected chi connectivity index (χ1v) is 13.1. The SMILES string of the molecule is CCOC(=O)C1(CC(O)CO)CCCC(C(C)=O)C1.CCOC(=O)[C@]1(CC=O)CCC[C@@H](C(C)=O)C1. The summed E-state index contributed by atoms with van der Waals surface area (Å²) in [6.07, 6.45) is 5.43. The molecule has 2 aliphatic carbocycles. The van der Waals surface area contributed by atoms with Gasteiger partial charge in [0, 0.05) is 18.3 Å². The summed E-state index contributed by atoms with van der Waals surface area (Å²) in [6.45, 7) is 6.77. The van der Waals surface area contributed by atoms with Crippen molar-refractivity contribution in [1.82, 2.24) is 0 Å². The Morgan fingerprint density at radius 3 is 1.75 bits per heavy atom. The molecule has 2 N–H and O–H groups in total. The summed E-state index contributed by atoms with van der Waals surface area (Å²) in [5.41, 5.74) is -1.58. The molecule has 36 heavy (non-hydrogen) atoms. The highest BCUT2D eigenvalue weighted by Crippen LogP contribution is 2.45. The Morgan fingerprint density at radius 1 is 0.889 bits per heavy atom. The quantitative estimate of drug-likeness (QED) is 0.315. The molecular weight excluding hydrogens is 468 g/mol. The van der Waals surface area contributed by atoms with Crippen molar-refractivity contribution in [2.45, 2.75) is 98.0 Å². The van der Waals surface area contributed by atoms with Gasteiger partial charge in [-0.15, -0.1) is 0 Å². The predicted octanol–water partition coefficient (Wildman–Crippen LogP) is 2.96. The Labute approximate surface area is 214 Å². The average Bonchev–Trinajstić information content (AvgIpc) is 2.85. The first-order chi connectivity index (χ1) is 17.0. The number of hydrogen-bond acceptors (Lipinski definition) is 9. The highest BCUT2D eigenvalue weighted by molar-refractivity contribution is 5.84. The molecule has 0 aliphatic heterocycles. The van der Waals surface area contributed by atoms with Crippen molar-refractivity contribution >= 4 is 29.8 Å². The summed E-state index contributed by atoms with van der Waals surface area (Å²) in [6, 6.07) is 0. The van der Waals surface area contributed by atoms with Gasteiger partial charge in [-0.3, -0.25) is 19.2 Å². The monoisotopic (exact) mass is 512 g/mol. The van der Waals surface area contributed by atoms with E-state index in [1.165, 1.54) is 6.92 Å². The maximum absolute atomic E-state index is 12.2. The number of ether oxygens (including phenoxy) is 2. The summed E-state index contributed by atoms with van der Waals surface area (Å²) < 4.78 is 10.2. The molecule has 2 aliphatic rings. The second-order valence-corrected chi connectivity index (χ2v) is 10.2. The summed E-state index contributed by atoms with van der Waals surface area (Å²) in [5, 5.41) is 18.7. The molecule has 0 heterocycles. The van der Waals surface area contributed by atoms with Crippen molar-refractivity contribution in [2.75, 3.05) is 19.8 Å². The van der Waals surface area contributed by atoms with Gasteiger partial charge in [-0.25, -0.2) is 0 Å². The third-order valence-electron chi connectivity index (χ3n) is 7.57. The molecule has 0 spiro atoms. The van der Waals surface area contributed by atoms with Gasteiger partial charge in [0.1, 0.15) is 17.9 Å². The molecule has 0 amide bonds. The minimum Gasteiger partial charge on any atom is -0.466 e. The molecule has 0 aromatic carbocycles. The Bertz CT molecular complexity index is 764. The molecule has 0 radical (unpaired) electrons. The topological polar surface area (TPSA) is 144 Å². The van der Waals surface area contributed by atoms with E-state index in [-0.39, 0.29) is 61.4 Å². The Morgan fingerprint density at radius 2 is 1.33 bits per heavy atom. The van der Waals surface area contributed by atoms with Crippen LogP contribution in [0, 0.1) is 22.7 Å². The number of ketones is 2. The predicted molar refractivity (Wildman–Crippen MR) is 132 cm³/mol. The molecule has 2 saturated carbocycles. The standard InChI is InChI=1S/C14H24O5.C13H20O4/c1-3-19-13(18)14(8-12(17)9-15)6-4-5-11(7-14)10(2)16;1-3-17-12(16)13(7-8-14)6-4-5-11(9-13)10(2)15/h11-12,15,17H,3-9H2,1-2H3;8,11H,3-7,9H2,1-2H3/t;11-,13+/m.1/s1. The van der Waals surface area contributed by atoms with Crippen LogP contribution in [-0.2, 0) is 33.4 Å². The minimum absolute atomic E-state index is 0.0758. The van der Waals surface area contributed by atoms with Crippen LogP contribution in [0.25, 0.3) is 0 Å². The number of aliphatic hydroxyl groups excluding tert-OH is 2. The maximum atomic E-state index is 12.2. The van der Waals surface area contributed by atoms with Gasteiger partial charge >= 0.3 is 11.9 Å². The van der Waals surface area contributed by atoms with Crippen molar-refractivity contribution in [3.63, 3.8) is 0 Å². The average molecular weight is 513 g/mol. The summed E-state index contributed by atoms with van der Waals surface area (Å²) in [7, 11) is 0. The highest BCUT2D eigenvalue weighted by atomic mass is 16.5. The third kappa shape index (κ3) is 8.76. The van der Waals surface area contributed by atoms with Gasteiger partial charge in [-0.05, 0) is 72.6 Å². The lowest BCUT2D eigenvalue weighted by atomic mass is 9.66. The fourth-order valence-electron chi connectivity index (χ4n) is 5.57. The van der Waals surface area contributed by atoms with E-state index in [9.17, 15) is 29.1 Å².